The Kier molecular flexibility index (Phi) is 4.74. The Hall–Kier alpha value is -1.32. The molecule has 0 bridgehead atoms. The Morgan fingerprint density at radius 3 is 2.48 bits per heavy atom. The van der Waals surface area contributed by atoms with Gasteiger partial charge in [0.05, 0.1) is 9.90 Å². The number of thiophene rings is 1. The molecule has 0 aliphatic rings. The van der Waals surface area contributed by atoms with Gasteiger partial charge in [-0.3, -0.25) is 10.2 Å². The minimum Gasteiger partial charge on any atom is -0.507 e. The molecule has 0 unspecified atom stereocenters. The van der Waals surface area contributed by atoms with Crippen LogP contribution in [-0.4, -0.2) is 19.4 Å². The summed E-state index contributed by atoms with van der Waals surface area (Å²) in [5, 5.41) is 9.50. The van der Waals surface area contributed by atoms with Crippen molar-refractivity contribution in [3.05, 3.63) is 44.6 Å². The average molecular weight is 367 g/mol. The van der Waals surface area contributed by atoms with Crippen LogP contribution in [0.3, 0.4) is 0 Å². The lowest BCUT2D eigenvalue weighted by molar-refractivity contribution is 0.0942. The summed E-state index contributed by atoms with van der Waals surface area (Å²) in [6.45, 7) is 0. The monoisotopic (exact) mass is 366 g/mol. The van der Waals surface area contributed by atoms with Crippen LogP contribution in [0.1, 0.15) is 10.4 Å². The number of halogens is 2. The first kappa shape index (κ1) is 16.1. The van der Waals surface area contributed by atoms with E-state index in [2.05, 4.69) is 0 Å². The summed E-state index contributed by atoms with van der Waals surface area (Å²) in [5.74, 6) is -1.08. The van der Waals surface area contributed by atoms with Crippen LogP contribution in [0.15, 0.2) is 35.2 Å². The third-order valence-electron chi connectivity index (χ3n) is 2.36. The first-order chi connectivity index (χ1) is 9.81. The van der Waals surface area contributed by atoms with Gasteiger partial charge in [-0.15, -0.1) is 16.2 Å². The number of hydrogen-bond acceptors (Lipinski definition) is 5. The highest BCUT2D eigenvalue weighted by molar-refractivity contribution is 7.89. The third-order valence-corrected chi connectivity index (χ3v) is 5.36. The standard InChI is InChI=1S/C11H8Cl2N2O4S2/c12-9-5-8(10(13)20-9)21(18,19)15-14-11(17)6-3-1-2-4-7(6)16/h1-5,15-16H,(H,14,17). The largest absolute Gasteiger partial charge is 0.507 e. The second-order valence-electron chi connectivity index (χ2n) is 3.77. The molecule has 1 aromatic carbocycles. The fourth-order valence-electron chi connectivity index (χ4n) is 1.41. The molecule has 0 saturated carbocycles. The zero-order valence-electron chi connectivity index (χ0n) is 10.1. The molecule has 0 aliphatic heterocycles. The van der Waals surface area contributed by atoms with Gasteiger partial charge in [-0.25, -0.2) is 8.42 Å². The van der Waals surface area contributed by atoms with Crippen molar-refractivity contribution >= 4 is 50.5 Å². The first-order valence-electron chi connectivity index (χ1n) is 5.36. The number of phenolic OH excluding ortho intramolecular Hbond substituents is 1. The molecule has 0 saturated heterocycles. The Bertz CT molecular complexity index is 789. The maximum atomic E-state index is 12.0. The van der Waals surface area contributed by atoms with Gasteiger partial charge < -0.3 is 5.11 Å². The number of carbonyl (C=O) groups excluding carboxylic acids is 1. The number of benzene rings is 1. The molecule has 0 fully saturated rings. The number of para-hydroxylation sites is 1. The van der Waals surface area contributed by atoms with Gasteiger partial charge in [-0.05, 0) is 18.2 Å². The van der Waals surface area contributed by atoms with Crippen LogP contribution in [0.5, 0.6) is 5.75 Å². The van der Waals surface area contributed by atoms with E-state index in [-0.39, 0.29) is 24.9 Å². The van der Waals surface area contributed by atoms with Gasteiger partial charge in [0.1, 0.15) is 15.0 Å². The van der Waals surface area contributed by atoms with Crippen LogP contribution in [0.25, 0.3) is 0 Å². The van der Waals surface area contributed by atoms with Crippen molar-refractivity contribution in [2.24, 2.45) is 0 Å². The van der Waals surface area contributed by atoms with Crippen LogP contribution >= 0.6 is 34.5 Å². The molecule has 2 aromatic rings. The fraction of sp³-hybridized carbons (Fsp3) is 0. The predicted molar refractivity (Wildman–Crippen MR) is 80.2 cm³/mol. The van der Waals surface area contributed by atoms with Gasteiger partial charge in [0, 0.05) is 0 Å². The maximum Gasteiger partial charge on any atom is 0.269 e. The van der Waals surface area contributed by atoms with Crippen LogP contribution < -0.4 is 10.3 Å². The molecule has 1 aromatic heterocycles. The van der Waals surface area contributed by atoms with E-state index in [4.69, 9.17) is 23.2 Å². The van der Waals surface area contributed by atoms with Crippen LogP contribution in [-0.2, 0) is 10.0 Å². The van der Waals surface area contributed by atoms with Crippen molar-refractivity contribution in [2.75, 3.05) is 0 Å². The van der Waals surface area contributed by atoms with E-state index in [1.807, 2.05) is 10.3 Å². The summed E-state index contributed by atoms with van der Waals surface area (Å²) in [6, 6.07) is 6.87. The normalized spacial score (nSPS) is 11.3. The highest BCUT2D eigenvalue weighted by Gasteiger charge is 2.22. The number of nitrogens with one attached hydrogen (secondary N) is 2. The summed E-state index contributed by atoms with van der Waals surface area (Å²) in [6.07, 6.45) is 0. The topological polar surface area (TPSA) is 95.5 Å². The molecule has 3 N–H and O–H groups in total. The molecule has 21 heavy (non-hydrogen) atoms. The predicted octanol–water partition coefficient (Wildman–Crippen LogP) is 2.38. The van der Waals surface area contributed by atoms with E-state index in [0.717, 1.165) is 11.3 Å². The number of phenols is 1. The molecular formula is C11H8Cl2N2O4S2. The number of sulfonamides is 1. The molecule has 10 heteroatoms. The molecule has 0 atom stereocenters. The number of hydrazine groups is 1. The van der Waals surface area contributed by atoms with Gasteiger partial charge in [0.25, 0.3) is 15.9 Å². The molecule has 1 amide bonds. The van der Waals surface area contributed by atoms with E-state index in [1.54, 1.807) is 0 Å². The number of hydrogen-bond donors (Lipinski definition) is 3. The summed E-state index contributed by atoms with van der Waals surface area (Å²) in [4.78, 5) is 13.4. The fourth-order valence-corrected chi connectivity index (χ4v) is 4.40. The third kappa shape index (κ3) is 3.66. The molecule has 112 valence electrons. The van der Waals surface area contributed by atoms with E-state index < -0.39 is 15.9 Å². The van der Waals surface area contributed by atoms with E-state index in [0.29, 0.717) is 0 Å². The minimum atomic E-state index is -4.06. The van der Waals surface area contributed by atoms with E-state index >= 15 is 0 Å². The van der Waals surface area contributed by atoms with Crippen molar-refractivity contribution in [2.45, 2.75) is 4.90 Å². The molecule has 2 rings (SSSR count). The Balaban J connectivity index is 2.14. The SMILES string of the molecule is O=C(NNS(=O)(=O)c1cc(Cl)sc1Cl)c1ccccc1O. The maximum absolute atomic E-state index is 12.0. The molecular weight excluding hydrogens is 359 g/mol. The highest BCUT2D eigenvalue weighted by atomic mass is 35.5. The quantitative estimate of drug-likeness (QED) is 0.723. The van der Waals surface area contributed by atoms with Crippen LogP contribution in [0.2, 0.25) is 8.67 Å². The smallest absolute Gasteiger partial charge is 0.269 e. The molecule has 0 aliphatic carbocycles. The zero-order chi connectivity index (χ0) is 15.6. The second kappa shape index (κ2) is 6.20. The van der Waals surface area contributed by atoms with E-state index in [9.17, 15) is 18.3 Å². The number of aromatic hydroxyl groups is 1. The lowest BCUT2D eigenvalue weighted by atomic mass is 10.2. The molecule has 1 heterocycles. The highest BCUT2D eigenvalue weighted by Crippen LogP contribution is 2.33. The number of carbonyl (C=O) groups is 1. The van der Waals surface area contributed by atoms with Crippen molar-refractivity contribution in [3.8, 4) is 5.75 Å². The van der Waals surface area contributed by atoms with Gasteiger partial charge in [-0.2, -0.15) is 0 Å². The Morgan fingerprint density at radius 2 is 1.90 bits per heavy atom. The van der Waals surface area contributed by atoms with Gasteiger partial charge in [0.2, 0.25) is 0 Å². The average Bonchev–Trinajstić information content (AvgIpc) is 2.76. The minimum absolute atomic E-state index is 0.0238. The lowest BCUT2D eigenvalue weighted by Gasteiger charge is -2.08. The van der Waals surface area contributed by atoms with E-state index in [1.165, 1.54) is 30.3 Å². The van der Waals surface area contributed by atoms with Gasteiger partial charge >= 0.3 is 0 Å². The lowest BCUT2D eigenvalue weighted by Crippen LogP contribution is -2.41. The van der Waals surface area contributed by atoms with Gasteiger partial charge in [-0.1, -0.05) is 35.3 Å². The van der Waals surface area contributed by atoms with Crippen molar-refractivity contribution < 1.29 is 18.3 Å². The Morgan fingerprint density at radius 1 is 1.24 bits per heavy atom. The summed E-state index contributed by atoms with van der Waals surface area (Å²) < 4.78 is 24.1. The first-order valence-corrected chi connectivity index (χ1v) is 8.42. The number of rotatable bonds is 4. The second-order valence-corrected chi connectivity index (χ2v) is 7.70. The number of amides is 1. The van der Waals surface area contributed by atoms with Crippen molar-refractivity contribution in [3.63, 3.8) is 0 Å². The summed E-state index contributed by atoms with van der Waals surface area (Å²) in [5.41, 5.74) is 1.91. The zero-order valence-corrected chi connectivity index (χ0v) is 13.3. The van der Waals surface area contributed by atoms with Crippen LogP contribution in [0.4, 0.5) is 0 Å². The van der Waals surface area contributed by atoms with Crippen molar-refractivity contribution in [1.29, 1.82) is 0 Å². The Labute approximate surface area is 134 Å². The summed E-state index contributed by atoms with van der Waals surface area (Å²) >= 11 is 12.3. The van der Waals surface area contributed by atoms with Crippen molar-refractivity contribution in [1.82, 2.24) is 10.3 Å². The van der Waals surface area contributed by atoms with Gasteiger partial charge in [0.15, 0.2) is 0 Å². The summed E-state index contributed by atoms with van der Waals surface area (Å²) in [7, 11) is -4.06. The van der Waals surface area contributed by atoms with Crippen LogP contribution in [0, 0.1) is 0 Å². The molecule has 0 spiro atoms. The molecule has 0 radical (unpaired) electrons. The molecule has 6 nitrogen and oxygen atoms in total.